The first kappa shape index (κ1) is 19.8. The van der Waals surface area contributed by atoms with E-state index in [1.54, 1.807) is 7.11 Å². The number of hydrogen-bond acceptors (Lipinski definition) is 6. The van der Waals surface area contributed by atoms with E-state index in [9.17, 15) is 24.9 Å². The van der Waals surface area contributed by atoms with Crippen LogP contribution >= 0.6 is 0 Å². The van der Waals surface area contributed by atoms with Gasteiger partial charge >= 0.3 is 0 Å². The van der Waals surface area contributed by atoms with Crippen LogP contribution in [0, 0.1) is 5.92 Å². The molecule has 0 saturated heterocycles. The maximum Gasteiger partial charge on any atom is 0.290 e. The fourth-order valence-corrected chi connectivity index (χ4v) is 3.12. The Balaban J connectivity index is 2.48. The number of rotatable bonds is 8. The maximum atomic E-state index is 12.7. The van der Waals surface area contributed by atoms with Crippen molar-refractivity contribution in [2.75, 3.05) is 20.3 Å². The Labute approximate surface area is 152 Å². The van der Waals surface area contributed by atoms with Crippen molar-refractivity contribution >= 4 is 11.7 Å². The molecule has 1 heterocycles. The molecule has 1 aliphatic heterocycles. The van der Waals surface area contributed by atoms with Gasteiger partial charge in [-0.15, -0.1) is 0 Å². The smallest absolute Gasteiger partial charge is 0.290 e. The van der Waals surface area contributed by atoms with E-state index in [2.05, 4.69) is 0 Å². The molecule has 142 valence electrons. The van der Waals surface area contributed by atoms with E-state index < -0.39 is 17.7 Å². The molecule has 0 radical (unpaired) electrons. The lowest BCUT2D eigenvalue weighted by Crippen LogP contribution is -2.32. The van der Waals surface area contributed by atoms with Crippen LogP contribution in [0.1, 0.15) is 38.3 Å². The number of benzene rings is 1. The number of carbonyl (C=O) groups is 2. The van der Waals surface area contributed by atoms with Gasteiger partial charge in [-0.3, -0.25) is 9.59 Å². The van der Waals surface area contributed by atoms with Gasteiger partial charge in [0, 0.05) is 38.3 Å². The average molecular weight is 363 g/mol. The molecule has 1 atom stereocenters. The summed E-state index contributed by atoms with van der Waals surface area (Å²) in [4.78, 5) is 26.6. The van der Waals surface area contributed by atoms with Crippen molar-refractivity contribution in [1.82, 2.24) is 4.90 Å². The van der Waals surface area contributed by atoms with Gasteiger partial charge in [-0.25, -0.2) is 0 Å². The fraction of sp³-hybridized carbons (Fsp3) is 0.474. The van der Waals surface area contributed by atoms with Gasteiger partial charge in [0.15, 0.2) is 11.5 Å². The van der Waals surface area contributed by atoms with Gasteiger partial charge in [-0.05, 0) is 24.5 Å². The number of methoxy groups -OCH3 is 1. The highest BCUT2D eigenvalue weighted by Crippen LogP contribution is 2.42. The number of ether oxygens (including phenoxy) is 1. The van der Waals surface area contributed by atoms with Crippen LogP contribution in [0.4, 0.5) is 0 Å². The van der Waals surface area contributed by atoms with E-state index in [0.29, 0.717) is 13.0 Å². The van der Waals surface area contributed by atoms with E-state index in [1.165, 1.54) is 17.0 Å². The lowest BCUT2D eigenvalue weighted by atomic mass is 9.91. The molecule has 26 heavy (non-hydrogen) atoms. The number of hydrogen-bond donors (Lipinski definition) is 3. The molecule has 0 fully saturated rings. The Morgan fingerprint density at radius 3 is 2.54 bits per heavy atom. The van der Waals surface area contributed by atoms with Gasteiger partial charge in [0.1, 0.15) is 11.5 Å². The number of nitrogens with zero attached hydrogens (tertiary/aromatic N) is 1. The topological polar surface area (TPSA) is 107 Å². The molecule has 1 unspecified atom stereocenters. The molecule has 7 nitrogen and oxygen atoms in total. The predicted molar refractivity (Wildman–Crippen MR) is 94.8 cm³/mol. The summed E-state index contributed by atoms with van der Waals surface area (Å²) in [6.07, 6.45) is 0.685. The molecule has 1 aliphatic rings. The van der Waals surface area contributed by atoms with E-state index >= 15 is 0 Å². The summed E-state index contributed by atoms with van der Waals surface area (Å²) in [5.74, 6) is -1.89. The number of phenols is 2. The zero-order valence-electron chi connectivity index (χ0n) is 15.2. The monoisotopic (exact) mass is 363 g/mol. The highest BCUT2D eigenvalue weighted by atomic mass is 16.5. The molecule has 0 saturated carbocycles. The zero-order valence-corrected chi connectivity index (χ0v) is 15.2. The molecular formula is C19H25NO6. The second-order valence-electron chi connectivity index (χ2n) is 6.77. The summed E-state index contributed by atoms with van der Waals surface area (Å²) in [6, 6.07) is 3.07. The van der Waals surface area contributed by atoms with Gasteiger partial charge in [-0.1, -0.05) is 13.8 Å². The van der Waals surface area contributed by atoms with Gasteiger partial charge in [0.05, 0.1) is 11.6 Å². The quantitative estimate of drug-likeness (QED) is 0.613. The lowest BCUT2D eigenvalue weighted by Gasteiger charge is -2.27. The van der Waals surface area contributed by atoms with Crippen LogP contribution in [0.3, 0.4) is 0 Å². The Bertz CT molecular complexity index is 725. The fourth-order valence-electron chi connectivity index (χ4n) is 3.12. The van der Waals surface area contributed by atoms with Gasteiger partial charge < -0.3 is 25.0 Å². The van der Waals surface area contributed by atoms with Crippen LogP contribution in [-0.2, 0) is 14.3 Å². The summed E-state index contributed by atoms with van der Waals surface area (Å²) in [7, 11) is 1.54. The van der Waals surface area contributed by atoms with Gasteiger partial charge in [-0.2, -0.15) is 0 Å². The summed E-state index contributed by atoms with van der Waals surface area (Å²) in [6.45, 7) is 4.40. The van der Waals surface area contributed by atoms with E-state index in [1.807, 2.05) is 13.8 Å². The zero-order chi connectivity index (χ0) is 19.4. The second-order valence-corrected chi connectivity index (χ2v) is 6.77. The van der Waals surface area contributed by atoms with Crippen LogP contribution in [0.5, 0.6) is 11.5 Å². The molecule has 0 bridgehead atoms. The number of carbonyl (C=O) groups excluding carboxylic acids is 2. The first-order valence-corrected chi connectivity index (χ1v) is 8.56. The Hall–Kier alpha value is -2.54. The van der Waals surface area contributed by atoms with Crippen molar-refractivity contribution < 1.29 is 29.6 Å². The molecular weight excluding hydrogens is 338 g/mol. The second kappa shape index (κ2) is 8.23. The largest absolute Gasteiger partial charge is 0.508 e. The minimum absolute atomic E-state index is 0.0119. The number of Topliss-reactive ketones (excluding diaryl/α,β-unsaturated/α-hetero) is 1. The van der Waals surface area contributed by atoms with Gasteiger partial charge in [0.2, 0.25) is 0 Å². The minimum Gasteiger partial charge on any atom is -0.508 e. The first-order valence-electron chi connectivity index (χ1n) is 8.56. The number of ketones is 1. The average Bonchev–Trinajstić information content (AvgIpc) is 2.79. The third kappa shape index (κ3) is 3.99. The van der Waals surface area contributed by atoms with Crippen molar-refractivity contribution in [3.05, 3.63) is 35.1 Å². The standard InChI is InChI=1S/C19H25NO6/c1-11(2)9-15(23)16-17(13-6-5-12(21)10-14(13)22)20(7-4-8-26-3)19(25)18(16)24/h5-6,10-11,17,21-22,24H,4,7-9H2,1-3H3. The maximum absolute atomic E-state index is 12.7. The number of aliphatic hydroxyl groups excluding tert-OH is 1. The molecule has 0 aromatic heterocycles. The van der Waals surface area contributed by atoms with E-state index in [4.69, 9.17) is 4.74 Å². The Morgan fingerprint density at radius 1 is 1.27 bits per heavy atom. The normalized spacial score (nSPS) is 17.5. The summed E-state index contributed by atoms with van der Waals surface area (Å²) in [5, 5.41) is 30.1. The molecule has 1 aromatic carbocycles. The molecule has 7 heteroatoms. The highest BCUT2D eigenvalue weighted by molar-refractivity contribution is 6.09. The number of amides is 1. The van der Waals surface area contributed by atoms with Crippen LogP contribution in [0.25, 0.3) is 0 Å². The third-order valence-corrected chi connectivity index (χ3v) is 4.25. The minimum atomic E-state index is -0.897. The molecule has 0 aliphatic carbocycles. The van der Waals surface area contributed by atoms with Crippen LogP contribution in [0.2, 0.25) is 0 Å². The first-order chi connectivity index (χ1) is 12.3. The molecule has 2 rings (SSSR count). The molecule has 1 amide bonds. The van der Waals surface area contributed by atoms with E-state index in [-0.39, 0.29) is 47.3 Å². The molecule has 1 aromatic rings. The summed E-state index contributed by atoms with van der Waals surface area (Å²) in [5.41, 5.74) is 0.270. The Morgan fingerprint density at radius 2 is 1.96 bits per heavy atom. The molecule has 0 spiro atoms. The lowest BCUT2D eigenvalue weighted by molar-refractivity contribution is -0.129. The third-order valence-electron chi connectivity index (χ3n) is 4.25. The van der Waals surface area contributed by atoms with Crippen molar-refractivity contribution in [2.45, 2.75) is 32.7 Å². The van der Waals surface area contributed by atoms with E-state index in [0.717, 1.165) is 6.07 Å². The Kier molecular flexibility index (Phi) is 6.26. The molecule has 3 N–H and O–H groups in total. The van der Waals surface area contributed by atoms with Crippen molar-refractivity contribution in [2.24, 2.45) is 5.92 Å². The van der Waals surface area contributed by atoms with Gasteiger partial charge in [0.25, 0.3) is 5.91 Å². The number of aliphatic hydroxyl groups is 1. The van der Waals surface area contributed by atoms with Crippen molar-refractivity contribution in [1.29, 1.82) is 0 Å². The predicted octanol–water partition coefficient (Wildman–Crippen LogP) is 2.44. The SMILES string of the molecule is COCCCN1C(=O)C(O)=C(C(=O)CC(C)C)C1c1ccc(O)cc1O. The number of phenolic OH excluding ortho intramolecular Hbond substituents is 2. The summed E-state index contributed by atoms with van der Waals surface area (Å²) < 4.78 is 5.01. The van der Waals surface area contributed by atoms with Crippen LogP contribution in [-0.4, -0.2) is 52.2 Å². The number of aromatic hydroxyl groups is 2. The van der Waals surface area contributed by atoms with Crippen LogP contribution < -0.4 is 0 Å². The van der Waals surface area contributed by atoms with Crippen molar-refractivity contribution in [3.8, 4) is 11.5 Å². The van der Waals surface area contributed by atoms with Crippen LogP contribution in [0.15, 0.2) is 29.5 Å². The van der Waals surface area contributed by atoms with Crippen molar-refractivity contribution in [3.63, 3.8) is 0 Å². The highest BCUT2D eigenvalue weighted by Gasteiger charge is 2.44. The summed E-state index contributed by atoms with van der Waals surface area (Å²) >= 11 is 0.